The van der Waals surface area contributed by atoms with Crippen LogP contribution in [0.15, 0.2) is 4.52 Å². The number of aryl methyl sites for hydroxylation is 1. The fourth-order valence-corrected chi connectivity index (χ4v) is 2.18. The zero-order valence-corrected chi connectivity index (χ0v) is 10.4. The molecule has 0 amide bonds. The summed E-state index contributed by atoms with van der Waals surface area (Å²) in [6.45, 7) is 2.49. The first-order valence-electron chi connectivity index (χ1n) is 6.48. The summed E-state index contributed by atoms with van der Waals surface area (Å²) in [6, 6.07) is 0.158. The van der Waals surface area contributed by atoms with Crippen molar-refractivity contribution in [3.63, 3.8) is 0 Å². The molecular formula is C12H21N3O2. The molecule has 0 saturated heterocycles. The molecule has 0 radical (unpaired) electrons. The fraction of sp³-hybridized carbons (Fsp3) is 0.833. The number of hydrogen-bond acceptors (Lipinski definition) is 5. The van der Waals surface area contributed by atoms with Gasteiger partial charge in [-0.05, 0) is 19.3 Å². The van der Waals surface area contributed by atoms with Crippen LogP contribution in [0.25, 0.3) is 0 Å². The zero-order valence-electron chi connectivity index (χ0n) is 10.4. The Labute approximate surface area is 102 Å². The van der Waals surface area contributed by atoms with E-state index in [0.717, 1.165) is 25.7 Å². The number of aromatic nitrogens is 2. The highest BCUT2D eigenvalue weighted by atomic mass is 16.5. The zero-order chi connectivity index (χ0) is 12.1. The molecule has 17 heavy (non-hydrogen) atoms. The minimum absolute atomic E-state index is 0.150. The maximum atomic E-state index is 6.01. The molecule has 0 bridgehead atoms. The average Bonchev–Trinajstić information content (AvgIpc) is 2.76. The van der Waals surface area contributed by atoms with E-state index in [9.17, 15) is 0 Å². The summed E-state index contributed by atoms with van der Waals surface area (Å²) >= 11 is 0. The van der Waals surface area contributed by atoms with Crippen LogP contribution in [0.4, 0.5) is 0 Å². The Bertz CT molecular complexity index is 340. The summed E-state index contributed by atoms with van der Waals surface area (Å²) < 4.78 is 10.9. The highest BCUT2D eigenvalue weighted by Gasteiger charge is 2.22. The highest BCUT2D eigenvalue weighted by molar-refractivity contribution is 4.85. The smallest absolute Gasteiger partial charge is 0.226 e. The number of nitrogens with zero attached hydrogens (tertiary/aromatic N) is 2. The van der Waals surface area contributed by atoms with Gasteiger partial charge < -0.3 is 15.0 Å². The second-order valence-electron chi connectivity index (χ2n) is 4.65. The lowest BCUT2D eigenvalue weighted by Gasteiger charge is -2.27. The summed E-state index contributed by atoms with van der Waals surface area (Å²) in [5.74, 6) is 1.32. The van der Waals surface area contributed by atoms with E-state index in [1.807, 2.05) is 0 Å². The quantitative estimate of drug-likeness (QED) is 0.848. The van der Waals surface area contributed by atoms with Crippen molar-refractivity contribution in [2.24, 2.45) is 5.73 Å². The van der Waals surface area contributed by atoms with Crippen molar-refractivity contribution in [3.05, 3.63) is 11.7 Å². The van der Waals surface area contributed by atoms with Gasteiger partial charge in [-0.25, -0.2) is 0 Å². The van der Waals surface area contributed by atoms with E-state index in [0.29, 0.717) is 18.3 Å². The standard InChI is InChI=1S/C12H21N3O2/c1-2-5-12-14-11(15-17-12)8-16-10-7-4-3-6-9(10)13/h9-10H,2-8,13H2,1H3. The van der Waals surface area contributed by atoms with Gasteiger partial charge in [0.15, 0.2) is 5.82 Å². The molecule has 5 nitrogen and oxygen atoms in total. The molecule has 5 heteroatoms. The molecule has 2 unspecified atom stereocenters. The Hall–Kier alpha value is -0.940. The molecule has 0 aliphatic heterocycles. The summed E-state index contributed by atoms with van der Waals surface area (Å²) in [5.41, 5.74) is 6.01. The second-order valence-corrected chi connectivity index (χ2v) is 4.65. The molecule has 1 aliphatic carbocycles. The number of nitrogens with two attached hydrogens (primary N) is 1. The maximum Gasteiger partial charge on any atom is 0.226 e. The van der Waals surface area contributed by atoms with Crippen molar-refractivity contribution < 1.29 is 9.26 Å². The van der Waals surface area contributed by atoms with Gasteiger partial charge in [0.2, 0.25) is 5.89 Å². The van der Waals surface area contributed by atoms with Crippen molar-refractivity contribution in [1.29, 1.82) is 0 Å². The van der Waals surface area contributed by atoms with Crippen molar-refractivity contribution in [1.82, 2.24) is 10.1 Å². The Morgan fingerprint density at radius 2 is 2.24 bits per heavy atom. The predicted molar refractivity (Wildman–Crippen MR) is 63.3 cm³/mol. The van der Waals surface area contributed by atoms with Crippen LogP contribution in [0.3, 0.4) is 0 Å². The van der Waals surface area contributed by atoms with Crippen LogP contribution in [0.2, 0.25) is 0 Å². The molecule has 2 rings (SSSR count). The number of hydrogen-bond donors (Lipinski definition) is 1. The van der Waals surface area contributed by atoms with E-state index in [1.165, 1.54) is 12.8 Å². The van der Waals surface area contributed by atoms with Crippen LogP contribution in [0, 0.1) is 0 Å². The molecular weight excluding hydrogens is 218 g/mol. The van der Waals surface area contributed by atoms with Crippen LogP contribution in [0.1, 0.15) is 50.7 Å². The first-order chi connectivity index (χ1) is 8.29. The monoisotopic (exact) mass is 239 g/mol. The molecule has 1 aromatic heterocycles. The largest absolute Gasteiger partial charge is 0.368 e. The van der Waals surface area contributed by atoms with Gasteiger partial charge in [0.1, 0.15) is 6.61 Å². The summed E-state index contributed by atoms with van der Waals surface area (Å²) in [4.78, 5) is 4.27. The number of ether oxygens (including phenoxy) is 1. The lowest BCUT2D eigenvalue weighted by Crippen LogP contribution is -2.39. The predicted octanol–water partition coefficient (Wildman–Crippen LogP) is 1.81. The molecule has 96 valence electrons. The molecule has 2 N–H and O–H groups in total. The van der Waals surface area contributed by atoms with E-state index < -0.39 is 0 Å². The first kappa shape index (κ1) is 12.5. The molecule has 0 spiro atoms. The van der Waals surface area contributed by atoms with Crippen molar-refractivity contribution >= 4 is 0 Å². The molecule has 1 saturated carbocycles. The third-order valence-corrected chi connectivity index (χ3v) is 3.15. The van der Waals surface area contributed by atoms with Gasteiger partial charge in [0.05, 0.1) is 6.10 Å². The summed E-state index contributed by atoms with van der Waals surface area (Å²) in [6.07, 6.45) is 6.50. The van der Waals surface area contributed by atoms with Gasteiger partial charge >= 0.3 is 0 Å². The topological polar surface area (TPSA) is 74.2 Å². The fourth-order valence-electron chi connectivity index (χ4n) is 2.18. The van der Waals surface area contributed by atoms with Crippen LogP contribution in [-0.2, 0) is 17.8 Å². The summed E-state index contributed by atoms with van der Waals surface area (Å²) in [7, 11) is 0. The third-order valence-electron chi connectivity index (χ3n) is 3.15. The molecule has 1 heterocycles. The van der Waals surface area contributed by atoms with Crippen molar-refractivity contribution in [2.75, 3.05) is 0 Å². The lowest BCUT2D eigenvalue weighted by atomic mass is 9.93. The molecule has 1 aliphatic rings. The molecule has 1 aromatic rings. The Morgan fingerprint density at radius 3 is 3.00 bits per heavy atom. The minimum atomic E-state index is 0.150. The van der Waals surface area contributed by atoms with E-state index >= 15 is 0 Å². The van der Waals surface area contributed by atoms with E-state index in [1.54, 1.807) is 0 Å². The van der Waals surface area contributed by atoms with Crippen molar-refractivity contribution in [3.8, 4) is 0 Å². The second kappa shape index (κ2) is 6.12. The van der Waals surface area contributed by atoms with Crippen LogP contribution in [-0.4, -0.2) is 22.3 Å². The van der Waals surface area contributed by atoms with Gasteiger partial charge in [-0.1, -0.05) is 24.9 Å². The van der Waals surface area contributed by atoms with Crippen LogP contribution in [0.5, 0.6) is 0 Å². The summed E-state index contributed by atoms with van der Waals surface area (Å²) in [5, 5.41) is 3.89. The first-order valence-corrected chi connectivity index (χ1v) is 6.48. The Morgan fingerprint density at radius 1 is 1.41 bits per heavy atom. The SMILES string of the molecule is CCCc1nc(COC2CCCCC2N)no1. The van der Waals surface area contributed by atoms with E-state index in [4.69, 9.17) is 15.0 Å². The molecule has 1 fully saturated rings. The Kier molecular flexibility index (Phi) is 4.50. The Balaban J connectivity index is 1.79. The highest BCUT2D eigenvalue weighted by Crippen LogP contribution is 2.20. The van der Waals surface area contributed by atoms with E-state index in [2.05, 4.69) is 17.1 Å². The lowest BCUT2D eigenvalue weighted by molar-refractivity contribution is 0.000285. The van der Waals surface area contributed by atoms with Gasteiger partial charge in [-0.15, -0.1) is 0 Å². The van der Waals surface area contributed by atoms with Gasteiger partial charge in [-0.3, -0.25) is 0 Å². The normalized spacial score (nSPS) is 25.1. The molecule has 2 atom stereocenters. The average molecular weight is 239 g/mol. The molecule has 0 aromatic carbocycles. The van der Waals surface area contributed by atoms with Gasteiger partial charge in [0.25, 0.3) is 0 Å². The number of rotatable bonds is 5. The minimum Gasteiger partial charge on any atom is -0.368 e. The third kappa shape index (κ3) is 3.51. The van der Waals surface area contributed by atoms with Crippen LogP contribution >= 0.6 is 0 Å². The van der Waals surface area contributed by atoms with Crippen molar-refractivity contribution in [2.45, 2.75) is 64.2 Å². The van der Waals surface area contributed by atoms with Gasteiger partial charge in [0, 0.05) is 12.5 Å². The van der Waals surface area contributed by atoms with E-state index in [-0.39, 0.29) is 12.1 Å². The van der Waals surface area contributed by atoms with Crippen LogP contribution < -0.4 is 5.73 Å². The van der Waals surface area contributed by atoms with Gasteiger partial charge in [-0.2, -0.15) is 4.98 Å². The maximum absolute atomic E-state index is 6.01.